The van der Waals surface area contributed by atoms with Crippen LogP contribution in [-0.4, -0.2) is 37.6 Å². The third-order valence-corrected chi connectivity index (χ3v) is 5.69. The van der Waals surface area contributed by atoms with Gasteiger partial charge in [-0.05, 0) is 59.5 Å². The Kier molecular flexibility index (Phi) is 5.41. The average Bonchev–Trinajstić information content (AvgIpc) is 2.77. The van der Waals surface area contributed by atoms with E-state index in [1.54, 1.807) is 14.2 Å². The lowest BCUT2D eigenvalue weighted by Gasteiger charge is -2.33. The Bertz CT molecular complexity index is 1050. The number of methoxy groups -OCH3 is 2. The topological polar surface area (TPSA) is 50.8 Å². The number of amides is 1. The monoisotopic (exact) mass is 390 g/mol. The number of fused-ring (bicyclic) bond motifs is 2. The second kappa shape index (κ2) is 8.13. The SMILES string of the molecule is COc1cc2c(cc1OC)CN([C@@H](C)C(=O)Nc1ccc3ccccc3c1)CC2. The van der Waals surface area contributed by atoms with E-state index in [1.165, 1.54) is 11.1 Å². The van der Waals surface area contributed by atoms with Crippen LogP contribution in [0.25, 0.3) is 10.8 Å². The van der Waals surface area contributed by atoms with Crippen LogP contribution in [-0.2, 0) is 17.8 Å². The van der Waals surface area contributed by atoms with Crippen LogP contribution in [0.1, 0.15) is 18.1 Å². The molecule has 5 heteroatoms. The Labute approximate surface area is 171 Å². The Hall–Kier alpha value is -3.05. The normalized spacial score (nSPS) is 14.9. The summed E-state index contributed by atoms with van der Waals surface area (Å²) < 4.78 is 10.8. The first kappa shape index (κ1) is 19.3. The van der Waals surface area contributed by atoms with Crippen molar-refractivity contribution in [1.29, 1.82) is 0 Å². The summed E-state index contributed by atoms with van der Waals surface area (Å²) in [6.07, 6.45) is 0.878. The fourth-order valence-electron chi connectivity index (χ4n) is 3.92. The molecule has 1 aliphatic heterocycles. The van der Waals surface area contributed by atoms with Crippen molar-refractivity contribution >= 4 is 22.4 Å². The van der Waals surface area contributed by atoms with E-state index >= 15 is 0 Å². The highest BCUT2D eigenvalue weighted by molar-refractivity contribution is 5.97. The van der Waals surface area contributed by atoms with E-state index in [1.807, 2.05) is 49.4 Å². The van der Waals surface area contributed by atoms with Crippen molar-refractivity contribution in [3.8, 4) is 11.5 Å². The van der Waals surface area contributed by atoms with E-state index in [9.17, 15) is 4.79 Å². The minimum atomic E-state index is -0.234. The molecule has 1 heterocycles. The molecule has 0 saturated heterocycles. The molecule has 29 heavy (non-hydrogen) atoms. The van der Waals surface area contributed by atoms with E-state index in [0.717, 1.165) is 40.9 Å². The number of hydrogen-bond donors (Lipinski definition) is 1. The van der Waals surface area contributed by atoms with Crippen LogP contribution in [0.15, 0.2) is 54.6 Å². The maximum absolute atomic E-state index is 12.9. The zero-order valence-corrected chi connectivity index (χ0v) is 17.1. The third kappa shape index (κ3) is 3.91. The molecule has 150 valence electrons. The standard InChI is InChI=1S/C24H26N2O3/c1-16(24(27)25-21-9-8-17-6-4-5-7-18(17)12-21)26-11-10-19-13-22(28-2)23(29-3)14-20(19)15-26/h4-9,12-14,16H,10-11,15H2,1-3H3,(H,25,27)/t16-/m0/s1. The van der Waals surface area contributed by atoms with Gasteiger partial charge in [0.15, 0.2) is 11.5 Å². The third-order valence-electron chi connectivity index (χ3n) is 5.69. The van der Waals surface area contributed by atoms with Crippen LogP contribution in [0.3, 0.4) is 0 Å². The van der Waals surface area contributed by atoms with Crippen molar-refractivity contribution in [2.75, 3.05) is 26.1 Å². The van der Waals surface area contributed by atoms with Crippen LogP contribution >= 0.6 is 0 Å². The molecule has 0 aliphatic carbocycles. The number of rotatable bonds is 5. The van der Waals surface area contributed by atoms with Gasteiger partial charge < -0.3 is 14.8 Å². The second-order valence-electron chi connectivity index (χ2n) is 7.42. The lowest BCUT2D eigenvalue weighted by atomic mass is 9.97. The van der Waals surface area contributed by atoms with Gasteiger partial charge in [0.2, 0.25) is 5.91 Å². The predicted molar refractivity (Wildman–Crippen MR) is 116 cm³/mol. The molecule has 4 rings (SSSR count). The van der Waals surface area contributed by atoms with Crippen molar-refractivity contribution in [3.63, 3.8) is 0 Å². The number of nitrogens with zero attached hydrogens (tertiary/aromatic N) is 1. The minimum Gasteiger partial charge on any atom is -0.493 e. The fourth-order valence-corrected chi connectivity index (χ4v) is 3.92. The number of anilines is 1. The Morgan fingerprint density at radius 1 is 0.966 bits per heavy atom. The van der Waals surface area contributed by atoms with Crippen LogP contribution in [0.5, 0.6) is 11.5 Å². The van der Waals surface area contributed by atoms with E-state index in [0.29, 0.717) is 6.54 Å². The Balaban J connectivity index is 1.48. The first-order chi connectivity index (χ1) is 14.1. The van der Waals surface area contributed by atoms with Gasteiger partial charge in [-0.2, -0.15) is 0 Å². The van der Waals surface area contributed by atoms with Gasteiger partial charge in [0.25, 0.3) is 0 Å². The highest BCUT2D eigenvalue weighted by atomic mass is 16.5. The molecule has 1 N–H and O–H groups in total. The maximum Gasteiger partial charge on any atom is 0.241 e. The lowest BCUT2D eigenvalue weighted by molar-refractivity contribution is -0.121. The van der Waals surface area contributed by atoms with E-state index in [-0.39, 0.29) is 11.9 Å². The average molecular weight is 390 g/mol. The zero-order valence-electron chi connectivity index (χ0n) is 17.1. The smallest absolute Gasteiger partial charge is 0.241 e. The molecule has 0 radical (unpaired) electrons. The lowest BCUT2D eigenvalue weighted by Crippen LogP contribution is -2.44. The Morgan fingerprint density at radius 2 is 1.66 bits per heavy atom. The molecule has 0 unspecified atom stereocenters. The van der Waals surface area contributed by atoms with Crippen LogP contribution in [0.4, 0.5) is 5.69 Å². The summed E-state index contributed by atoms with van der Waals surface area (Å²) in [5.74, 6) is 1.48. The summed E-state index contributed by atoms with van der Waals surface area (Å²) >= 11 is 0. The largest absolute Gasteiger partial charge is 0.493 e. The van der Waals surface area contributed by atoms with Crippen molar-refractivity contribution in [2.24, 2.45) is 0 Å². The summed E-state index contributed by atoms with van der Waals surface area (Å²) in [5.41, 5.74) is 3.25. The molecule has 0 bridgehead atoms. The number of nitrogens with one attached hydrogen (secondary N) is 1. The molecule has 5 nitrogen and oxygen atoms in total. The van der Waals surface area contributed by atoms with Crippen molar-refractivity contribution in [1.82, 2.24) is 4.90 Å². The predicted octanol–water partition coefficient (Wildman–Crippen LogP) is 4.24. The first-order valence-electron chi connectivity index (χ1n) is 9.86. The molecule has 1 atom stereocenters. The quantitative estimate of drug-likeness (QED) is 0.708. The van der Waals surface area contributed by atoms with Crippen LogP contribution in [0.2, 0.25) is 0 Å². The van der Waals surface area contributed by atoms with Crippen LogP contribution in [0, 0.1) is 0 Å². The maximum atomic E-state index is 12.9. The van der Waals surface area contributed by atoms with E-state index in [2.05, 4.69) is 22.3 Å². The summed E-state index contributed by atoms with van der Waals surface area (Å²) in [5, 5.41) is 5.35. The highest BCUT2D eigenvalue weighted by Crippen LogP contribution is 2.33. The second-order valence-corrected chi connectivity index (χ2v) is 7.42. The first-order valence-corrected chi connectivity index (χ1v) is 9.86. The van der Waals surface area contributed by atoms with Gasteiger partial charge in [0.1, 0.15) is 0 Å². The van der Waals surface area contributed by atoms with Gasteiger partial charge in [-0.15, -0.1) is 0 Å². The molecule has 0 aromatic heterocycles. The number of hydrogen-bond acceptors (Lipinski definition) is 4. The van der Waals surface area contributed by atoms with Gasteiger partial charge in [0.05, 0.1) is 20.3 Å². The van der Waals surface area contributed by atoms with Gasteiger partial charge in [-0.1, -0.05) is 30.3 Å². The minimum absolute atomic E-state index is 0.00390. The van der Waals surface area contributed by atoms with Crippen molar-refractivity contribution in [2.45, 2.75) is 25.9 Å². The van der Waals surface area contributed by atoms with Gasteiger partial charge in [-0.25, -0.2) is 0 Å². The molecule has 0 fully saturated rings. The Morgan fingerprint density at radius 3 is 2.38 bits per heavy atom. The number of carbonyl (C=O) groups is 1. The summed E-state index contributed by atoms with van der Waals surface area (Å²) in [7, 11) is 3.29. The van der Waals surface area contributed by atoms with Crippen LogP contribution < -0.4 is 14.8 Å². The molecule has 3 aromatic rings. The van der Waals surface area contributed by atoms with Gasteiger partial charge in [0, 0.05) is 18.8 Å². The summed E-state index contributed by atoms with van der Waals surface area (Å²) in [6.45, 7) is 3.50. The summed E-state index contributed by atoms with van der Waals surface area (Å²) in [6, 6.07) is 18.0. The molecule has 0 saturated carbocycles. The fraction of sp³-hybridized carbons (Fsp3) is 0.292. The molecular formula is C24H26N2O3. The van der Waals surface area contributed by atoms with Gasteiger partial charge in [-0.3, -0.25) is 9.69 Å². The number of benzene rings is 3. The van der Waals surface area contributed by atoms with Gasteiger partial charge >= 0.3 is 0 Å². The van der Waals surface area contributed by atoms with Crippen molar-refractivity contribution in [3.05, 3.63) is 65.7 Å². The van der Waals surface area contributed by atoms with Crippen molar-refractivity contribution < 1.29 is 14.3 Å². The highest BCUT2D eigenvalue weighted by Gasteiger charge is 2.26. The summed E-state index contributed by atoms with van der Waals surface area (Å²) in [4.78, 5) is 15.1. The number of ether oxygens (including phenoxy) is 2. The molecular weight excluding hydrogens is 364 g/mol. The van der Waals surface area contributed by atoms with E-state index in [4.69, 9.17) is 9.47 Å². The zero-order chi connectivity index (χ0) is 20.4. The van der Waals surface area contributed by atoms with E-state index < -0.39 is 0 Å². The molecule has 0 spiro atoms. The molecule has 1 amide bonds. The molecule has 3 aromatic carbocycles. The molecule has 1 aliphatic rings. The number of carbonyl (C=O) groups excluding carboxylic acids is 1.